The van der Waals surface area contributed by atoms with E-state index in [2.05, 4.69) is 5.32 Å². The molecule has 3 heteroatoms. The Morgan fingerprint density at radius 1 is 1.78 bits per heavy atom. The number of carbonyl (C=O) groups excluding carboxylic acids is 1. The first-order chi connectivity index (χ1) is 4.29. The Balaban J connectivity index is 2.19. The van der Waals surface area contributed by atoms with E-state index in [1.807, 2.05) is 0 Å². The second-order valence-corrected chi connectivity index (χ2v) is 2.45. The maximum atomic E-state index is 10.3. The third-order valence-corrected chi connectivity index (χ3v) is 1.57. The SMILES string of the molecule is NC(=O)CC1CC[N]C1. The summed E-state index contributed by atoms with van der Waals surface area (Å²) < 4.78 is 0. The number of hydrogen-bond donors (Lipinski definition) is 1. The van der Waals surface area contributed by atoms with Gasteiger partial charge in [0.25, 0.3) is 0 Å². The number of carbonyl (C=O) groups is 1. The van der Waals surface area contributed by atoms with Gasteiger partial charge in [-0.05, 0) is 12.3 Å². The van der Waals surface area contributed by atoms with Crippen molar-refractivity contribution in [3.05, 3.63) is 0 Å². The highest BCUT2D eigenvalue weighted by molar-refractivity contribution is 5.74. The Bertz CT molecular complexity index is 108. The minimum Gasteiger partial charge on any atom is -0.370 e. The topological polar surface area (TPSA) is 57.2 Å². The molecular formula is C6H11N2O. The summed E-state index contributed by atoms with van der Waals surface area (Å²) in [6.07, 6.45) is 1.56. The van der Waals surface area contributed by atoms with Gasteiger partial charge in [0, 0.05) is 19.5 Å². The second-order valence-electron chi connectivity index (χ2n) is 2.45. The molecule has 1 atom stereocenters. The molecule has 0 aliphatic carbocycles. The monoisotopic (exact) mass is 127 g/mol. The Kier molecular flexibility index (Phi) is 2.05. The number of rotatable bonds is 2. The van der Waals surface area contributed by atoms with Crippen LogP contribution in [0, 0.1) is 5.92 Å². The van der Waals surface area contributed by atoms with Gasteiger partial charge >= 0.3 is 0 Å². The first kappa shape index (κ1) is 6.55. The molecule has 0 aromatic rings. The third kappa shape index (κ3) is 2.01. The van der Waals surface area contributed by atoms with Gasteiger partial charge in [0.2, 0.25) is 5.91 Å². The van der Waals surface area contributed by atoms with Crippen molar-refractivity contribution in [2.75, 3.05) is 13.1 Å². The highest BCUT2D eigenvalue weighted by atomic mass is 16.1. The number of primary amides is 1. The van der Waals surface area contributed by atoms with Crippen LogP contribution in [0.25, 0.3) is 0 Å². The molecule has 1 amide bonds. The van der Waals surface area contributed by atoms with Crippen molar-refractivity contribution in [3.63, 3.8) is 0 Å². The number of hydrogen-bond acceptors (Lipinski definition) is 1. The average molecular weight is 127 g/mol. The molecule has 1 rings (SSSR count). The van der Waals surface area contributed by atoms with E-state index in [0.29, 0.717) is 12.3 Å². The van der Waals surface area contributed by atoms with Crippen molar-refractivity contribution in [2.24, 2.45) is 11.7 Å². The van der Waals surface area contributed by atoms with Crippen molar-refractivity contribution in [2.45, 2.75) is 12.8 Å². The lowest BCUT2D eigenvalue weighted by molar-refractivity contribution is -0.118. The Hall–Kier alpha value is -0.570. The minimum atomic E-state index is -0.197. The molecule has 0 spiro atoms. The van der Waals surface area contributed by atoms with Gasteiger partial charge in [-0.25, -0.2) is 5.32 Å². The minimum absolute atomic E-state index is 0.197. The van der Waals surface area contributed by atoms with Crippen molar-refractivity contribution < 1.29 is 4.79 Å². The largest absolute Gasteiger partial charge is 0.370 e. The Labute approximate surface area is 54.6 Å². The predicted molar refractivity (Wildman–Crippen MR) is 33.8 cm³/mol. The summed E-state index contributed by atoms with van der Waals surface area (Å²) in [5.74, 6) is 0.250. The van der Waals surface area contributed by atoms with Gasteiger partial charge < -0.3 is 5.73 Å². The van der Waals surface area contributed by atoms with Gasteiger partial charge in [-0.2, -0.15) is 0 Å². The van der Waals surface area contributed by atoms with E-state index < -0.39 is 0 Å². The first-order valence-corrected chi connectivity index (χ1v) is 3.20. The highest BCUT2D eigenvalue weighted by Gasteiger charge is 2.16. The standard InChI is InChI=1S/C6H11N2O/c7-6(9)3-5-1-2-8-4-5/h5H,1-4H2,(H2,7,9). The summed E-state index contributed by atoms with van der Waals surface area (Å²) in [5, 5.41) is 4.11. The van der Waals surface area contributed by atoms with Gasteiger partial charge in [0.15, 0.2) is 0 Å². The van der Waals surface area contributed by atoms with Crippen molar-refractivity contribution in [1.29, 1.82) is 0 Å². The average Bonchev–Trinajstić information content (AvgIpc) is 2.15. The van der Waals surface area contributed by atoms with E-state index >= 15 is 0 Å². The smallest absolute Gasteiger partial charge is 0.217 e. The summed E-state index contributed by atoms with van der Waals surface area (Å²) in [5.41, 5.74) is 4.99. The zero-order chi connectivity index (χ0) is 6.69. The molecule has 1 saturated heterocycles. The fourth-order valence-corrected chi connectivity index (χ4v) is 1.09. The fourth-order valence-electron chi connectivity index (χ4n) is 1.09. The third-order valence-electron chi connectivity index (χ3n) is 1.57. The molecular weight excluding hydrogens is 116 g/mol. The van der Waals surface area contributed by atoms with Crippen molar-refractivity contribution in [3.8, 4) is 0 Å². The lowest BCUT2D eigenvalue weighted by atomic mass is 10.1. The molecule has 3 nitrogen and oxygen atoms in total. The molecule has 51 valence electrons. The van der Waals surface area contributed by atoms with Crippen LogP contribution in [0.2, 0.25) is 0 Å². The molecule has 1 aliphatic heterocycles. The number of amides is 1. The second kappa shape index (κ2) is 2.82. The zero-order valence-electron chi connectivity index (χ0n) is 5.34. The van der Waals surface area contributed by atoms with E-state index in [-0.39, 0.29) is 5.91 Å². The molecule has 9 heavy (non-hydrogen) atoms. The summed E-state index contributed by atoms with van der Waals surface area (Å²) in [4.78, 5) is 10.3. The van der Waals surface area contributed by atoms with Gasteiger partial charge in [0.05, 0.1) is 0 Å². The van der Waals surface area contributed by atoms with Crippen LogP contribution in [0.1, 0.15) is 12.8 Å². The maximum absolute atomic E-state index is 10.3. The Morgan fingerprint density at radius 3 is 3.00 bits per heavy atom. The number of nitrogens with zero attached hydrogens (tertiary/aromatic N) is 1. The molecule has 1 heterocycles. The first-order valence-electron chi connectivity index (χ1n) is 3.20. The van der Waals surface area contributed by atoms with E-state index in [0.717, 1.165) is 19.5 Å². The van der Waals surface area contributed by atoms with Crippen LogP contribution >= 0.6 is 0 Å². The van der Waals surface area contributed by atoms with Crippen LogP contribution in [0.4, 0.5) is 0 Å². The van der Waals surface area contributed by atoms with Gasteiger partial charge in [-0.3, -0.25) is 4.79 Å². The molecule has 1 aliphatic rings. The summed E-state index contributed by atoms with van der Waals surface area (Å²) in [7, 11) is 0. The zero-order valence-corrected chi connectivity index (χ0v) is 5.34. The fraction of sp³-hybridized carbons (Fsp3) is 0.833. The van der Waals surface area contributed by atoms with Crippen LogP contribution in [0.15, 0.2) is 0 Å². The van der Waals surface area contributed by atoms with E-state index in [9.17, 15) is 4.79 Å². The van der Waals surface area contributed by atoms with Gasteiger partial charge in [0.1, 0.15) is 0 Å². The van der Waals surface area contributed by atoms with Gasteiger partial charge in [-0.1, -0.05) is 0 Å². The van der Waals surface area contributed by atoms with Crippen molar-refractivity contribution in [1.82, 2.24) is 5.32 Å². The molecule has 1 radical (unpaired) electrons. The van der Waals surface area contributed by atoms with Crippen LogP contribution in [0.5, 0.6) is 0 Å². The maximum Gasteiger partial charge on any atom is 0.217 e. The summed E-state index contributed by atoms with van der Waals surface area (Å²) >= 11 is 0. The lowest BCUT2D eigenvalue weighted by Gasteiger charge is -2.01. The number of nitrogens with two attached hydrogens (primary N) is 1. The molecule has 0 aromatic heterocycles. The van der Waals surface area contributed by atoms with E-state index in [4.69, 9.17) is 5.73 Å². The molecule has 1 fully saturated rings. The van der Waals surface area contributed by atoms with Crippen LogP contribution in [0.3, 0.4) is 0 Å². The van der Waals surface area contributed by atoms with Crippen LogP contribution < -0.4 is 11.1 Å². The molecule has 2 N–H and O–H groups in total. The van der Waals surface area contributed by atoms with Gasteiger partial charge in [-0.15, -0.1) is 0 Å². The highest BCUT2D eigenvalue weighted by Crippen LogP contribution is 2.11. The lowest BCUT2D eigenvalue weighted by Crippen LogP contribution is -2.16. The normalized spacial score (nSPS) is 26.4. The quantitative estimate of drug-likeness (QED) is 0.533. The van der Waals surface area contributed by atoms with E-state index in [1.54, 1.807) is 0 Å². The molecule has 0 aromatic carbocycles. The van der Waals surface area contributed by atoms with E-state index in [1.165, 1.54) is 0 Å². The van der Waals surface area contributed by atoms with Crippen LogP contribution in [-0.2, 0) is 4.79 Å². The molecule has 0 saturated carbocycles. The summed E-state index contributed by atoms with van der Waals surface area (Å²) in [6.45, 7) is 1.75. The van der Waals surface area contributed by atoms with Crippen molar-refractivity contribution >= 4 is 5.91 Å². The molecule has 0 bridgehead atoms. The predicted octanol–water partition coefficient (Wildman–Crippen LogP) is -0.514. The summed E-state index contributed by atoms with van der Waals surface area (Å²) in [6, 6.07) is 0. The Morgan fingerprint density at radius 2 is 2.56 bits per heavy atom. The van der Waals surface area contributed by atoms with Crippen LogP contribution in [-0.4, -0.2) is 19.0 Å². The molecule has 1 unspecified atom stereocenters.